The number of phenolic OH excluding ortho intramolecular Hbond substituents is 2. The minimum Gasteiger partial charge on any atom is -0.508 e. The number of hydrogen-bond donors (Lipinski definition) is 2. The first kappa shape index (κ1) is 25.0. The van der Waals surface area contributed by atoms with Crippen molar-refractivity contribution in [3.05, 3.63) is 83.4 Å². The number of halogens is 3. The van der Waals surface area contributed by atoms with Crippen LogP contribution in [0.15, 0.2) is 66.7 Å². The van der Waals surface area contributed by atoms with Gasteiger partial charge in [-0.3, -0.25) is 4.90 Å². The zero-order chi connectivity index (χ0) is 26.2. The Labute approximate surface area is 213 Å². The number of nitrogens with zero attached hydrogens (tertiary/aromatic N) is 1. The van der Waals surface area contributed by atoms with Gasteiger partial charge in [0.25, 0.3) is 0 Å². The molecule has 0 spiro atoms. The third-order valence-electron chi connectivity index (χ3n) is 7.01. The van der Waals surface area contributed by atoms with Crippen LogP contribution in [0.5, 0.6) is 23.0 Å². The summed E-state index contributed by atoms with van der Waals surface area (Å²) in [7, 11) is 0. The van der Waals surface area contributed by atoms with E-state index < -0.39 is 18.3 Å². The minimum atomic E-state index is -4.21. The van der Waals surface area contributed by atoms with Gasteiger partial charge in [-0.05, 0) is 85.5 Å². The monoisotopic (exact) mass is 511 g/mol. The Morgan fingerprint density at radius 2 is 1.76 bits per heavy atom. The molecule has 2 heterocycles. The van der Waals surface area contributed by atoms with Crippen LogP contribution in [-0.4, -0.2) is 47.0 Å². The molecule has 0 saturated carbocycles. The van der Waals surface area contributed by atoms with Gasteiger partial charge < -0.3 is 19.7 Å². The van der Waals surface area contributed by atoms with Crippen molar-refractivity contribution >= 4 is 11.1 Å². The van der Waals surface area contributed by atoms with Gasteiger partial charge in [0.1, 0.15) is 41.8 Å². The average Bonchev–Trinajstić information content (AvgIpc) is 3.34. The quantitative estimate of drug-likeness (QED) is 0.392. The van der Waals surface area contributed by atoms with Crippen LogP contribution in [0.25, 0.3) is 11.1 Å². The minimum absolute atomic E-state index is 0.132. The van der Waals surface area contributed by atoms with Crippen molar-refractivity contribution in [3.8, 4) is 23.0 Å². The number of fused-ring (bicyclic) bond motifs is 1. The lowest BCUT2D eigenvalue weighted by atomic mass is 9.86. The highest BCUT2D eigenvalue weighted by Gasteiger charge is 2.45. The van der Waals surface area contributed by atoms with E-state index in [2.05, 4.69) is 0 Å². The highest BCUT2D eigenvalue weighted by molar-refractivity contribution is 5.95. The standard InChI is InChI=1S/C29H28F3NO4/c1-18-24-17-22(35)9-12-25(24)37-28(27(18)20-4-2-5-21(34)16-20)19-7-10-23(11-8-19)36-15-14-33-13-3-6-26(33)29(30,31)32/h2,4-5,7-12,16-17,26,28,34-35H,3,6,13-15H2,1H3. The topological polar surface area (TPSA) is 62.2 Å². The van der Waals surface area contributed by atoms with Crippen LogP contribution >= 0.6 is 0 Å². The number of aromatic hydroxyl groups is 2. The van der Waals surface area contributed by atoms with Crippen molar-refractivity contribution in [2.75, 3.05) is 19.7 Å². The maximum absolute atomic E-state index is 13.2. The lowest BCUT2D eigenvalue weighted by Gasteiger charge is -2.31. The van der Waals surface area contributed by atoms with Crippen molar-refractivity contribution in [2.45, 2.75) is 38.1 Å². The SMILES string of the molecule is CC1=C(c2cccc(O)c2)C(c2ccc(OCCN3CCCC3C(F)(F)F)cc2)Oc2ccc(O)cc21. The largest absolute Gasteiger partial charge is 0.508 e. The fourth-order valence-electron chi connectivity index (χ4n) is 5.20. The molecule has 1 saturated heterocycles. The number of rotatable bonds is 6. The van der Waals surface area contributed by atoms with Gasteiger partial charge in [-0.25, -0.2) is 0 Å². The zero-order valence-corrected chi connectivity index (χ0v) is 20.3. The van der Waals surface area contributed by atoms with E-state index in [1.165, 1.54) is 4.90 Å². The van der Waals surface area contributed by atoms with Crippen LogP contribution in [0.3, 0.4) is 0 Å². The fourth-order valence-corrected chi connectivity index (χ4v) is 5.20. The zero-order valence-electron chi connectivity index (χ0n) is 20.3. The Balaban J connectivity index is 1.36. The highest BCUT2D eigenvalue weighted by Crippen LogP contribution is 2.47. The molecule has 0 bridgehead atoms. The van der Waals surface area contributed by atoms with Crippen LogP contribution < -0.4 is 9.47 Å². The van der Waals surface area contributed by atoms with E-state index in [1.807, 2.05) is 25.1 Å². The van der Waals surface area contributed by atoms with E-state index in [9.17, 15) is 23.4 Å². The molecule has 3 aromatic rings. The van der Waals surface area contributed by atoms with Gasteiger partial charge in [-0.2, -0.15) is 13.2 Å². The molecule has 5 nitrogen and oxygen atoms in total. The van der Waals surface area contributed by atoms with Crippen LogP contribution in [0, 0.1) is 0 Å². The van der Waals surface area contributed by atoms with Gasteiger partial charge in [0.2, 0.25) is 0 Å². The summed E-state index contributed by atoms with van der Waals surface area (Å²) in [5, 5.41) is 20.1. The van der Waals surface area contributed by atoms with Gasteiger partial charge in [0.15, 0.2) is 0 Å². The van der Waals surface area contributed by atoms with Gasteiger partial charge in [-0.1, -0.05) is 24.3 Å². The molecular formula is C29H28F3NO4. The predicted molar refractivity (Wildman–Crippen MR) is 135 cm³/mol. The highest BCUT2D eigenvalue weighted by atomic mass is 19.4. The summed E-state index contributed by atoms with van der Waals surface area (Å²) in [6.45, 7) is 2.76. The summed E-state index contributed by atoms with van der Waals surface area (Å²) in [6.07, 6.45) is -4.02. The van der Waals surface area contributed by atoms with E-state index in [4.69, 9.17) is 9.47 Å². The maximum Gasteiger partial charge on any atom is 0.404 e. The molecule has 0 amide bonds. The molecule has 1 fully saturated rings. The number of likely N-dealkylation sites (tertiary alicyclic amines) is 1. The van der Waals surface area contributed by atoms with Crippen molar-refractivity contribution in [1.29, 1.82) is 0 Å². The van der Waals surface area contributed by atoms with Gasteiger partial charge in [0, 0.05) is 17.7 Å². The van der Waals surface area contributed by atoms with Crippen molar-refractivity contribution < 1.29 is 32.9 Å². The number of hydrogen-bond acceptors (Lipinski definition) is 5. The Bertz CT molecular complexity index is 1300. The lowest BCUT2D eigenvalue weighted by Crippen LogP contribution is -2.42. The summed E-state index contributed by atoms with van der Waals surface area (Å²) in [6, 6.07) is 17.8. The molecule has 0 radical (unpaired) electrons. The summed E-state index contributed by atoms with van der Waals surface area (Å²) in [5.74, 6) is 1.46. The molecule has 0 aromatic heterocycles. The molecule has 3 aromatic carbocycles. The number of phenols is 2. The molecule has 8 heteroatoms. The number of benzene rings is 3. The summed E-state index contributed by atoms with van der Waals surface area (Å²) in [4.78, 5) is 1.44. The molecule has 2 unspecified atom stereocenters. The summed E-state index contributed by atoms with van der Waals surface area (Å²) in [5.41, 5.74) is 4.18. The second-order valence-electron chi connectivity index (χ2n) is 9.42. The van der Waals surface area contributed by atoms with Gasteiger partial charge >= 0.3 is 6.18 Å². The number of alkyl halides is 3. The second-order valence-corrected chi connectivity index (χ2v) is 9.42. The van der Waals surface area contributed by atoms with Crippen molar-refractivity contribution in [2.24, 2.45) is 0 Å². The third kappa shape index (κ3) is 5.25. The first-order valence-corrected chi connectivity index (χ1v) is 12.2. The lowest BCUT2D eigenvalue weighted by molar-refractivity contribution is -0.176. The Morgan fingerprint density at radius 3 is 2.49 bits per heavy atom. The smallest absolute Gasteiger partial charge is 0.404 e. The molecule has 2 atom stereocenters. The summed E-state index contributed by atoms with van der Waals surface area (Å²) >= 11 is 0. The Morgan fingerprint density at radius 1 is 1.00 bits per heavy atom. The van der Waals surface area contributed by atoms with Crippen LogP contribution in [0.1, 0.15) is 42.6 Å². The first-order valence-electron chi connectivity index (χ1n) is 12.2. The molecule has 194 valence electrons. The fraction of sp³-hybridized carbons (Fsp3) is 0.310. The molecule has 2 aliphatic rings. The second kappa shape index (κ2) is 10.0. The average molecular weight is 512 g/mol. The van der Waals surface area contributed by atoms with Crippen LogP contribution in [-0.2, 0) is 0 Å². The molecule has 5 rings (SSSR count). The molecule has 37 heavy (non-hydrogen) atoms. The predicted octanol–water partition coefficient (Wildman–Crippen LogP) is 6.57. The maximum atomic E-state index is 13.2. The van der Waals surface area contributed by atoms with Crippen molar-refractivity contribution in [1.82, 2.24) is 4.90 Å². The first-order chi connectivity index (χ1) is 17.7. The summed E-state index contributed by atoms with van der Waals surface area (Å²) < 4.78 is 51.7. The van der Waals surface area contributed by atoms with Crippen LogP contribution in [0.2, 0.25) is 0 Å². The third-order valence-corrected chi connectivity index (χ3v) is 7.01. The molecule has 2 aliphatic heterocycles. The van der Waals surface area contributed by atoms with E-state index in [0.717, 1.165) is 27.8 Å². The van der Waals surface area contributed by atoms with Crippen molar-refractivity contribution in [3.63, 3.8) is 0 Å². The number of allylic oxidation sites excluding steroid dienone is 1. The van der Waals surface area contributed by atoms with E-state index in [-0.39, 0.29) is 31.1 Å². The Kier molecular flexibility index (Phi) is 6.77. The van der Waals surface area contributed by atoms with Crippen LogP contribution in [0.4, 0.5) is 13.2 Å². The normalized spacial score (nSPS) is 20.0. The van der Waals surface area contributed by atoms with Gasteiger partial charge in [0.05, 0.1) is 0 Å². The molecule has 0 aliphatic carbocycles. The van der Waals surface area contributed by atoms with E-state index in [0.29, 0.717) is 24.5 Å². The number of ether oxygens (including phenoxy) is 2. The molecular weight excluding hydrogens is 483 g/mol. The van der Waals surface area contributed by atoms with E-state index in [1.54, 1.807) is 48.5 Å². The van der Waals surface area contributed by atoms with E-state index >= 15 is 0 Å². The van der Waals surface area contributed by atoms with Gasteiger partial charge in [-0.15, -0.1) is 0 Å². The molecule has 2 N–H and O–H groups in total. The Hall–Kier alpha value is -3.65.